The van der Waals surface area contributed by atoms with E-state index in [1.807, 2.05) is 82.7 Å². The Morgan fingerprint density at radius 3 is 2.55 bits per heavy atom. The van der Waals surface area contributed by atoms with E-state index >= 15 is 0 Å². The smallest absolute Gasteiger partial charge is 0.266 e. The van der Waals surface area contributed by atoms with Crippen molar-refractivity contribution < 1.29 is 4.79 Å². The summed E-state index contributed by atoms with van der Waals surface area (Å²) in [5, 5.41) is 4.88. The van der Waals surface area contributed by atoms with E-state index in [4.69, 9.17) is 0 Å². The molecule has 0 saturated carbocycles. The molecule has 0 atom stereocenters. The second-order valence-electron chi connectivity index (χ2n) is 6.49. The maximum Gasteiger partial charge on any atom is 0.266 e. The third-order valence-corrected chi connectivity index (χ3v) is 5.58. The van der Waals surface area contributed by atoms with E-state index in [0.29, 0.717) is 10.6 Å². The van der Waals surface area contributed by atoms with Gasteiger partial charge in [0.1, 0.15) is 12.1 Å². The zero-order valence-corrected chi connectivity index (χ0v) is 16.1. The Labute approximate surface area is 171 Å². The molecule has 3 aromatic heterocycles. The van der Waals surface area contributed by atoms with Crippen LogP contribution in [-0.4, -0.2) is 20.4 Å². The van der Waals surface area contributed by atoms with Crippen molar-refractivity contribution in [1.82, 2.24) is 14.5 Å². The van der Waals surface area contributed by atoms with Gasteiger partial charge in [-0.25, -0.2) is 9.97 Å². The third kappa shape index (κ3) is 3.30. The first-order valence-electron chi connectivity index (χ1n) is 9.12. The minimum atomic E-state index is -0.138. The SMILES string of the molecule is O=C(Nc1ccc(-n2cnc3ccccc32)nc1)c1sccc1-c1ccccc1. The molecule has 140 valence electrons. The Morgan fingerprint density at radius 1 is 0.897 bits per heavy atom. The first-order chi connectivity index (χ1) is 14.3. The quantitative estimate of drug-likeness (QED) is 0.442. The summed E-state index contributed by atoms with van der Waals surface area (Å²) >= 11 is 1.43. The summed E-state index contributed by atoms with van der Waals surface area (Å²) in [6.07, 6.45) is 3.42. The molecule has 3 heterocycles. The molecular weight excluding hydrogens is 380 g/mol. The standard InChI is InChI=1S/C23H16N4OS/c28-23(22-18(12-13-29-22)16-6-2-1-3-7-16)26-17-10-11-21(24-14-17)27-15-25-19-8-4-5-9-20(19)27/h1-15H,(H,26,28). The van der Waals surface area contributed by atoms with E-state index in [2.05, 4.69) is 15.3 Å². The fourth-order valence-electron chi connectivity index (χ4n) is 3.26. The normalized spacial score (nSPS) is 10.9. The summed E-state index contributed by atoms with van der Waals surface area (Å²) in [4.78, 5) is 22.4. The van der Waals surface area contributed by atoms with Crippen molar-refractivity contribution in [1.29, 1.82) is 0 Å². The molecule has 0 spiro atoms. The van der Waals surface area contributed by atoms with Crippen LogP contribution in [0.5, 0.6) is 0 Å². The Kier molecular flexibility index (Phi) is 4.38. The lowest BCUT2D eigenvalue weighted by molar-refractivity contribution is 0.103. The second-order valence-corrected chi connectivity index (χ2v) is 7.41. The maximum absolute atomic E-state index is 12.8. The molecule has 1 amide bonds. The highest BCUT2D eigenvalue weighted by Gasteiger charge is 2.15. The van der Waals surface area contributed by atoms with Crippen molar-refractivity contribution >= 4 is 34.0 Å². The summed E-state index contributed by atoms with van der Waals surface area (Å²) in [6, 6.07) is 23.5. The summed E-state index contributed by atoms with van der Waals surface area (Å²) in [5.41, 5.74) is 4.51. The zero-order chi connectivity index (χ0) is 19.6. The molecule has 5 nitrogen and oxygen atoms in total. The van der Waals surface area contributed by atoms with Crippen LogP contribution in [0.25, 0.3) is 28.0 Å². The van der Waals surface area contributed by atoms with E-state index in [0.717, 1.165) is 28.0 Å². The van der Waals surface area contributed by atoms with Gasteiger partial charge in [0.15, 0.2) is 0 Å². The molecule has 6 heteroatoms. The predicted octanol–water partition coefficient (Wildman–Crippen LogP) is 5.40. The molecule has 29 heavy (non-hydrogen) atoms. The van der Waals surface area contributed by atoms with Crippen molar-refractivity contribution in [2.75, 3.05) is 5.32 Å². The number of nitrogens with one attached hydrogen (secondary N) is 1. The predicted molar refractivity (Wildman–Crippen MR) is 117 cm³/mol. The second kappa shape index (κ2) is 7.33. The van der Waals surface area contributed by atoms with Crippen LogP contribution in [0, 0.1) is 0 Å². The van der Waals surface area contributed by atoms with Gasteiger partial charge in [0.2, 0.25) is 0 Å². The summed E-state index contributed by atoms with van der Waals surface area (Å²) in [6.45, 7) is 0. The van der Waals surface area contributed by atoms with E-state index in [1.165, 1.54) is 11.3 Å². The lowest BCUT2D eigenvalue weighted by Gasteiger charge is -2.08. The Morgan fingerprint density at radius 2 is 1.72 bits per heavy atom. The average Bonchev–Trinajstić information content (AvgIpc) is 3.43. The number of amides is 1. The number of pyridine rings is 1. The van der Waals surface area contributed by atoms with E-state index in [1.54, 1.807) is 12.5 Å². The number of aromatic nitrogens is 3. The largest absolute Gasteiger partial charge is 0.320 e. The Balaban J connectivity index is 1.38. The topological polar surface area (TPSA) is 59.8 Å². The molecule has 5 aromatic rings. The van der Waals surface area contributed by atoms with Gasteiger partial charge in [-0.2, -0.15) is 0 Å². The van der Waals surface area contributed by atoms with Gasteiger partial charge in [-0.1, -0.05) is 42.5 Å². The van der Waals surface area contributed by atoms with Gasteiger partial charge in [0.05, 0.1) is 27.8 Å². The highest BCUT2D eigenvalue weighted by atomic mass is 32.1. The molecule has 0 unspecified atom stereocenters. The van der Waals surface area contributed by atoms with E-state index < -0.39 is 0 Å². The monoisotopic (exact) mass is 396 g/mol. The minimum absolute atomic E-state index is 0.138. The number of rotatable bonds is 4. The van der Waals surface area contributed by atoms with Crippen LogP contribution in [0.1, 0.15) is 9.67 Å². The first kappa shape index (κ1) is 17.3. The average molecular weight is 396 g/mol. The third-order valence-electron chi connectivity index (χ3n) is 4.66. The Hall–Kier alpha value is -3.77. The number of anilines is 1. The number of thiophene rings is 1. The number of hydrogen-bond acceptors (Lipinski definition) is 4. The van der Waals surface area contributed by atoms with Crippen molar-refractivity contribution in [3.8, 4) is 16.9 Å². The van der Waals surface area contributed by atoms with Gasteiger partial charge in [0, 0.05) is 5.56 Å². The minimum Gasteiger partial charge on any atom is -0.320 e. The van der Waals surface area contributed by atoms with Crippen molar-refractivity contribution in [3.63, 3.8) is 0 Å². The number of fused-ring (bicyclic) bond motifs is 1. The molecule has 0 fully saturated rings. The molecule has 0 radical (unpaired) electrons. The van der Waals surface area contributed by atoms with Crippen LogP contribution in [0.4, 0.5) is 5.69 Å². The van der Waals surface area contributed by atoms with Gasteiger partial charge in [0.25, 0.3) is 5.91 Å². The van der Waals surface area contributed by atoms with E-state index in [9.17, 15) is 4.79 Å². The number of para-hydroxylation sites is 2. The van der Waals surface area contributed by atoms with Crippen LogP contribution in [-0.2, 0) is 0 Å². The van der Waals surface area contributed by atoms with Crippen LogP contribution in [0.3, 0.4) is 0 Å². The molecule has 0 aliphatic rings. The van der Waals surface area contributed by atoms with Gasteiger partial charge in [-0.15, -0.1) is 11.3 Å². The number of benzene rings is 2. The molecular formula is C23H16N4OS. The highest BCUT2D eigenvalue weighted by molar-refractivity contribution is 7.12. The van der Waals surface area contributed by atoms with Gasteiger partial charge < -0.3 is 5.32 Å². The number of nitrogens with zero attached hydrogens (tertiary/aromatic N) is 3. The van der Waals surface area contributed by atoms with E-state index in [-0.39, 0.29) is 5.91 Å². The summed E-state index contributed by atoms with van der Waals surface area (Å²) < 4.78 is 1.92. The van der Waals surface area contributed by atoms with Crippen LogP contribution >= 0.6 is 11.3 Å². The summed E-state index contributed by atoms with van der Waals surface area (Å²) in [5.74, 6) is 0.610. The fraction of sp³-hybridized carbons (Fsp3) is 0. The number of carbonyl (C=O) groups is 1. The van der Waals surface area contributed by atoms with Crippen LogP contribution in [0.15, 0.2) is 90.7 Å². The Bertz CT molecular complexity index is 1290. The first-order valence-corrected chi connectivity index (χ1v) is 10.0. The van der Waals surface area contributed by atoms with Gasteiger partial charge >= 0.3 is 0 Å². The van der Waals surface area contributed by atoms with Gasteiger partial charge in [-0.3, -0.25) is 9.36 Å². The van der Waals surface area contributed by atoms with Crippen molar-refractivity contribution in [2.45, 2.75) is 0 Å². The summed E-state index contributed by atoms with van der Waals surface area (Å²) in [7, 11) is 0. The van der Waals surface area contributed by atoms with Crippen molar-refractivity contribution in [2.24, 2.45) is 0 Å². The highest BCUT2D eigenvalue weighted by Crippen LogP contribution is 2.29. The van der Waals surface area contributed by atoms with Crippen LogP contribution < -0.4 is 5.32 Å². The molecule has 0 aliphatic heterocycles. The zero-order valence-electron chi connectivity index (χ0n) is 15.3. The lowest BCUT2D eigenvalue weighted by Crippen LogP contribution is -2.11. The fourth-order valence-corrected chi connectivity index (χ4v) is 4.07. The molecule has 0 saturated heterocycles. The number of imidazole rings is 1. The van der Waals surface area contributed by atoms with Crippen molar-refractivity contribution in [3.05, 3.63) is 95.6 Å². The number of carbonyl (C=O) groups excluding carboxylic acids is 1. The molecule has 1 N–H and O–H groups in total. The molecule has 5 rings (SSSR count). The lowest BCUT2D eigenvalue weighted by atomic mass is 10.1. The number of hydrogen-bond donors (Lipinski definition) is 1. The van der Waals surface area contributed by atoms with Gasteiger partial charge in [-0.05, 0) is 41.3 Å². The molecule has 0 aliphatic carbocycles. The molecule has 2 aromatic carbocycles. The maximum atomic E-state index is 12.8. The van der Waals surface area contributed by atoms with Crippen LogP contribution in [0.2, 0.25) is 0 Å². The molecule has 0 bridgehead atoms.